The normalized spacial score (nSPS) is 13.5. The van der Waals surface area contributed by atoms with Gasteiger partial charge in [0.2, 0.25) is 0 Å². The van der Waals surface area contributed by atoms with Crippen LogP contribution in [0.3, 0.4) is 0 Å². The minimum atomic E-state index is -4.51. The second-order valence-corrected chi connectivity index (χ2v) is 7.64. The molecule has 1 aromatic heterocycles. The van der Waals surface area contributed by atoms with E-state index >= 15 is 0 Å². The Bertz CT molecular complexity index is 1240. The Labute approximate surface area is 187 Å². The van der Waals surface area contributed by atoms with Crippen molar-refractivity contribution >= 4 is 29.0 Å². The van der Waals surface area contributed by atoms with Crippen LogP contribution in [0.5, 0.6) is 0 Å². The highest BCUT2D eigenvalue weighted by Crippen LogP contribution is 2.31. The predicted molar refractivity (Wildman–Crippen MR) is 117 cm³/mol. The molecule has 0 atom stereocenters. The Hall–Kier alpha value is -3.95. The van der Waals surface area contributed by atoms with E-state index in [1.165, 1.54) is 18.3 Å². The van der Waals surface area contributed by atoms with Gasteiger partial charge in [-0.1, -0.05) is 12.1 Å². The highest BCUT2D eigenvalue weighted by atomic mass is 19.4. The number of nitrogens with zero attached hydrogens (tertiary/aromatic N) is 3. The third-order valence-electron chi connectivity index (χ3n) is 5.24. The lowest BCUT2D eigenvalue weighted by atomic mass is 10.0. The van der Waals surface area contributed by atoms with Crippen LogP contribution in [0.25, 0.3) is 0 Å². The number of carbonyl (C=O) groups is 2. The minimum Gasteiger partial charge on any atom is -0.308 e. The molecule has 2 aromatic carbocycles. The summed E-state index contributed by atoms with van der Waals surface area (Å²) in [5, 5.41) is 5.00. The molecule has 0 fully saturated rings. The number of rotatable bonds is 3. The van der Waals surface area contributed by atoms with E-state index in [4.69, 9.17) is 0 Å². The third kappa shape index (κ3) is 4.79. The van der Waals surface area contributed by atoms with Crippen LogP contribution in [0.1, 0.15) is 33.0 Å². The van der Waals surface area contributed by atoms with Crippen LogP contribution in [-0.4, -0.2) is 28.5 Å². The van der Waals surface area contributed by atoms with Crippen molar-refractivity contribution < 1.29 is 22.8 Å². The molecule has 3 aromatic rings. The number of anilines is 3. The number of fused-ring (bicyclic) bond motifs is 1. The summed E-state index contributed by atoms with van der Waals surface area (Å²) in [4.78, 5) is 35.5. The molecule has 1 aliphatic heterocycles. The van der Waals surface area contributed by atoms with Crippen LogP contribution >= 0.6 is 0 Å². The number of benzene rings is 2. The average molecular weight is 455 g/mol. The van der Waals surface area contributed by atoms with Gasteiger partial charge in [0.15, 0.2) is 0 Å². The summed E-state index contributed by atoms with van der Waals surface area (Å²) in [6.45, 7) is 4.03. The lowest BCUT2D eigenvalue weighted by Crippen LogP contribution is -2.38. The van der Waals surface area contributed by atoms with Crippen LogP contribution in [0.2, 0.25) is 0 Å². The number of aromatic nitrogens is 2. The zero-order valence-electron chi connectivity index (χ0n) is 17.8. The van der Waals surface area contributed by atoms with Crippen LogP contribution < -0.4 is 15.5 Å². The molecular weight excluding hydrogens is 435 g/mol. The number of aryl methyl sites for hydroxylation is 2. The molecular formula is C23H20F3N5O2. The van der Waals surface area contributed by atoms with E-state index in [9.17, 15) is 22.8 Å². The van der Waals surface area contributed by atoms with Crippen LogP contribution in [-0.2, 0) is 12.6 Å². The molecule has 0 spiro atoms. The van der Waals surface area contributed by atoms with Crippen molar-refractivity contribution in [1.82, 2.24) is 9.97 Å². The lowest BCUT2D eigenvalue weighted by Gasteiger charge is -2.29. The number of amides is 3. The SMILES string of the molecule is Cc1ncc2c(n1)CCN(c1cc(NC(=O)Nc3cccc(C(F)(F)F)c3)ccc1C)C2=O. The number of hydrogen-bond donors (Lipinski definition) is 2. The van der Waals surface area contributed by atoms with E-state index in [1.807, 2.05) is 6.92 Å². The van der Waals surface area contributed by atoms with Gasteiger partial charge in [0, 0.05) is 36.2 Å². The van der Waals surface area contributed by atoms with Crippen LogP contribution in [0.15, 0.2) is 48.7 Å². The first-order valence-corrected chi connectivity index (χ1v) is 10.1. The molecule has 0 aliphatic carbocycles. The zero-order chi connectivity index (χ0) is 23.8. The largest absolute Gasteiger partial charge is 0.416 e. The maximum Gasteiger partial charge on any atom is 0.416 e. The molecule has 0 saturated heterocycles. The highest BCUT2D eigenvalue weighted by Gasteiger charge is 2.31. The van der Waals surface area contributed by atoms with Crippen LogP contribution in [0.4, 0.5) is 35.0 Å². The van der Waals surface area contributed by atoms with Gasteiger partial charge in [0.05, 0.1) is 16.8 Å². The molecule has 7 nitrogen and oxygen atoms in total. The number of nitrogens with one attached hydrogen (secondary N) is 2. The summed E-state index contributed by atoms with van der Waals surface area (Å²) < 4.78 is 38.7. The number of alkyl halides is 3. The predicted octanol–water partition coefficient (Wildman–Crippen LogP) is 4.96. The van der Waals surface area contributed by atoms with Gasteiger partial charge in [-0.05, 0) is 49.7 Å². The molecule has 2 heterocycles. The third-order valence-corrected chi connectivity index (χ3v) is 5.24. The van der Waals surface area contributed by atoms with E-state index in [2.05, 4.69) is 20.6 Å². The molecule has 33 heavy (non-hydrogen) atoms. The first kappa shape index (κ1) is 22.3. The van der Waals surface area contributed by atoms with Crippen LogP contribution in [0, 0.1) is 13.8 Å². The maximum atomic E-state index is 13.0. The van der Waals surface area contributed by atoms with E-state index in [-0.39, 0.29) is 11.6 Å². The standard InChI is InChI=1S/C23H20F3N5O2/c1-13-6-7-17(30-22(33)29-16-5-3-4-15(10-16)23(24,25)26)11-20(13)31-9-8-19-18(21(31)32)12-27-14(2)28-19/h3-7,10-12H,8-9H2,1-2H3,(H2,29,30,33). The number of hydrogen-bond acceptors (Lipinski definition) is 4. The van der Waals surface area contributed by atoms with Gasteiger partial charge in [-0.3, -0.25) is 4.79 Å². The lowest BCUT2D eigenvalue weighted by molar-refractivity contribution is -0.137. The van der Waals surface area contributed by atoms with Gasteiger partial charge in [0.1, 0.15) is 5.82 Å². The first-order valence-electron chi connectivity index (χ1n) is 10.1. The van der Waals surface area contributed by atoms with Gasteiger partial charge >= 0.3 is 12.2 Å². The van der Waals surface area contributed by atoms with Crippen molar-refractivity contribution in [2.24, 2.45) is 0 Å². The fourth-order valence-electron chi connectivity index (χ4n) is 3.63. The first-order chi connectivity index (χ1) is 15.6. The summed E-state index contributed by atoms with van der Waals surface area (Å²) in [7, 11) is 0. The Morgan fingerprint density at radius 1 is 1.06 bits per heavy atom. The molecule has 10 heteroatoms. The second-order valence-electron chi connectivity index (χ2n) is 7.64. The van der Waals surface area contributed by atoms with E-state index in [0.717, 1.165) is 17.7 Å². The summed E-state index contributed by atoms with van der Waals surface area (Å²) >= 11 is 0. The van der Waals surface area contributed by atoms with Crippen molar-refractivity contribution in [2.75, 3.05) is 22.1 Å². The van der Waals surface area contributed by atoms with E-state index < -0.39 is 17.8 Å². The van der Waals surface area contributed by atoms with Gasteiger partial charge < -0.3 is 15.5 Å². The molecule has 3 amide bonds. The molecule has 0 saturated carbocycles. The van der Waals surface area contributed by atoms with E-state index in [0.29, 0.717) is 41.4 Å². The monoisotopic (exact) mass is 455 g/mol. The molecule has 170 valence electrons. The quantitative estimate of drug-likeness (QED) is 0.585. The van der Waals surface area contributed by atoms with E-state index in [1.54, 1.807) is 30.0 Å². The van der Waals surface area contributed by atoms with Crippen molar-refractivity contribution in [1.29, 1.82) is 0 Å². The minimum absolute atomic E-state index is 0.00719. The molecule has 1 aliphatic rings. The zero-order valence-corrected chi connectivity index (χ0v) is 17.8. The Kier molecular flexibility index (Phi) is 5.75. The Morgan fingerprint density at radius 3 is 2.52 bits per heavy atom. The van der Waals surface area contributed by atoms with Gasteiger partial charge in [-0.25, -0.2) is 14.8 Å². The molecule has 0 unspecified atom stereocenters. The fraction of sp³-hybridized carbons (Fsp3) is 0.217. The second kappa shape index (κ2) is 8.53. The van der Waals surface area contributed by atoms with Gasteiger partial charge in [-0.2, -0.15) is 13.2 Å². The molecule has 4 rings (SSSR count). The summed E-state index contributed by atoms with van der Waals surface area (Å²) in [6.07, 6.45) is -2.42. The average Bonchev–Trinajstić information content (AvgIpc) is 2.75. The van der Waals surface area contributed by atoms with Crippen molar-refractivity contribution in [3.05, 3.63) is 76.9 Å². The van der Waals surface area contributed by atoms with Crippen molar-refractivity contribution in [2.45, 2.75) is 26.4 Å². The topological polar surface area (TPSA) is 87.2 Å². The summed E-state index contributed by atoms with van der Waals surface area (Å²) in [6, 6.07) is 8.71. The molecule has 0 bridgehead atoms. The highest BCUT2D eigenvalue weighted by molar-refractivity contribution is 6.08. The van der Waals surface area contributed by atoms with Crippen molar-refractivity contribution in [3.63, 3.8) is 0 Å². The smallest absolute Gasteiger partial charge is 0.308 e. The Morgan fingerprint density at radius 2 is 1.79 bits per heavy atom. The number of urea groups is 1. The fourth-order valence-corrected chi connectivity index (χ4v) is 3.63. The summed E-state index contributed by atoms with van der Waals surface area (Å²) in [5.74, 6) is 0.370. The van der Waals surface area contributed by atoms with Gasteiger partial charge in [-0.15, -0.1) is 0 Å². The Balaban J connectivity index is 1.52. The number of carbonyl (C=O) groups excluding carboxylic acids is 2. The van der Waals surface area contributed by atoms with Gasteiger partial charge in [0.25, 0.3) is 5.91 Å². The van der Waals surface area contributed by atoms with Crippen molar-refractivity contribution in [3.8, 4) is 0 Å². The summed E-state index contributed by atoms with van der Waals surface area (Å²) in [5.41, 5.74) is 2.11. The number of halogens is 3. The maximum absolute atomic E-state index is 13.0. The molecule has 0 radical (unpaired) electrons. The molecule has 2 N–H and O–H groups in total.